The fourth-order valence-electron chi connectivity index (χ4n) is 2.65. The minimum absolute atomic E-state index is 0.354. The lowest BCUT2D eigenvalue weighted by atomic mass is 9.84. The standard InChI is InChI=1S/C20H21O2Si/c1-4-18(22-19(21)15(2)3)20(23,16-11-7-5-8-12-16)17-13-9-6-10-14-17/h5-14,18H,2,4H2,1,3H3. The molecule has 0 saturated carbocycles. The summed E-state index contributed by atoms with van der Waals surface area (Å²) >= 11 is 0. The van der Waals surface area contributed by atoms with Gasteiger partial charge in [-0.15, -0.1) is 0 Å². The van der Waals surface area contributed by atoms with E-state index >= 15 is 0 Å². The number of carbonyl (C=O) groups is 1. The minimum Gasteiger partial charge on any atom is -0.458 e. The van der Waals surface area contributed by atoms with Gasteiger partial charge in [0, 0.05) is 20.9 Å². The average Bonchev–Trinajstić information content (AvgIpc) is 2.60. The Bertz CT molecular complexity index is 625. The Morgan fingerprint density at radius 2 is 1.52 bits per heavy atom. The first-order chi connectivity index (χ1) is 11.0. The molecule has 1 atom stereocenters. The second-order valence-electron chi connectivity index (χ2n) is 5.62. The predicted octanol–water partition coefficient (Wildman–Crippen LogP) is 4.00. The molecule has 1 unspecified atom stereocenters. The first-order valence-corrected chi connectivity index (χ1v) is 8.22. The van der Waals surface area contributed by atoms with Gasteiger partial charge in [-0.3, -0.25) is 0 Å². The Morgan fingerprint density at radius 1 is 1.09 bits per heavy atom. The van der Waals surface area contributed by atoms with Crippen LogP contribution in [0.5, 0.6) is 0 Å². The molecule has 2 nitrogen and oxygen atoms in total. The molecule has 2 aromatic rings. The van der Waals surface area contributed by atoms with E-state index in [1.54, 1.807) is 6.92 Å². The highest BCUT2D eigenvalue weighted by atomic mass is 28.1. The Labute approximate surface area is 141 Å². The Balaban J connectivity index is 2.53. The summed E-state index contributed by atoms with van der Waals surface area (Å²) in [4.78, 5) is 12.1. The zero-order valence-electron chi connectivity index (χ0n) is 13.6. The van der Waals surface area contributed by atoms with Crippen LogP contribution in [0.2, 0.25) is 0 Å². The van der Waals surface area contributed by atoms with E-state index in [2.05, 4.69) is 16.8 Å². The first-order valence-electron chi connectivity index (χ1n) is 7.72. The molecule has 2 rings (SSSR count). The van der Waals surface area contributed by atoms with Gasteiger partial charge in [-0.1, -0.05) is 74.2 Å². The monoisotopic (exact) mass is 321 g/mol. The topological polar surface area (TPSA) is 26.3 Å². The molecule has 0 saturated heterocycles. The van der Waals surface area contributed by atoms with E-state index in [1.165, 1.54) is 0 Å². The van der Waals surface area contributed by atoms with E-state index in [9.17, 15) is 4.79 Å². The third-order valence-corrected chi connectivity index (χ3v) is 4.81. The molecule has 0 N–H and O–H groups in total. The summed E-state index contributed by atoms with van der Waals surface area (Å²) in [6, 6.07) is 20.1. The Morgan fingerprint density at radius 3 is 1.87 bits per heavy atom. The zero-order chi connectivity index (χ0) is 16.9. The van der Waals surface area contributed by atoms with Crippen molar-refractivity contribution in [1.29, 1.82) is 0 Å². The second kappa shape index (κ2) is 7.42. The van der Waals surface area contributed by atoms with Crippen molar-refractivity contribution in [3.63, 3.8) is 0 Å². The van der Waals surface area contributed by atoms with Gasteiger partial charge in [-0.2, -0.15) is 0 Å². The van der Waals surface area contributed by atoms with E-state index in [4.69, 9.17) is 4.74 Å². The average molecular weight is 321 g/mol. The number of hydrogen-bond acceptors (Lipinski definition) is 2. The van der Waals surface area contributed by atoms with Crippen LogP contribution in [0, 0.1) is 0 Å². The van der Waals surface area contributed by atoms with Crippen molar-refractivity contribution in [3.8, 4) is 0 Å². The molecule has 0 aliphatic carbocycles. The van der Waals surface area contributed by atoms with Gasteiger partial charge in [0.15, 0.2) is 0 Å². The van der Waals surface area contributed by atoms with Crippen molar-refractivity contribution in [2.45, 2.75) is 31.4 Å². The van der Waals surface area contributed by atoms with Gasteiger partial charge in [0.1, 0.15) is 6.10 Å². The zero-order valence-corrected chi connectivity index (χ0v) is 14.6. The number of rotatable bonds is 6. The van der Waals surface area contributed by atoms with Crippen LogP contribution in [0.1, 0.15) is 31.4 Å². The smallest absolute Gasteiger partial charge is 0.333 e. The Kier molecular flexibility index (Phi) is 5.56. The summed E-state index contributed by atoms with van der Waals surface area (Å²) in [5.41, 5.74) is 2.49. The lowest BCUT2D eigenvalue weighted by molar-refractivity contribution is -0.145. The summed E-state index contributed by atoms with van der Waals surface area (Å²) < 4.78 is 5.75. The van der Waals surface area contributed by atoms with Gasteiger partial charge < -0.3 is 4.74 Å². The van der Waals surface area contributed by atoms with E-state index in [0.717, 1.165) is 11.1 Å². The fraction of sp³-hybridized carbons (Fsp3) is 0.250. The van der Waals surface area contributed by atoms with Crippen molar-refractivity contribution < 1.29 is 9.53 Å². The first kappa shape index (κ1) is 17.2. The highest BCUT2D eigenvalue weighted by molar-refractivity contribution is 6.19. The number of benzene rings is 2. The molecule has 0 aromatic heterocycles. The van der Waals surface area contributed by atoms with Crippen LogP contribution < -0.4 is 0 Å². The maximum atomic E-state index is 12.1. The lowest BCUT2D eigenvalue weighted by Crippen LogP contribution is -2.44. The van der Waals surface area contributed by atoms with Crippen molar-refractivity contribution >= 4 is 16.2 Å². The molecule has 0 bridgehead atoms. The van der Waals surface area contributed by atoms with E-state index in [1.807, 2.05) is 67.6 Å². The maximum absolute atomic E-state index is 12.1. The SMILES string of the molecule is C=C(C)C(=O)OC(CC)C([Si])(c1ccccc1)c1ccccc1. The second-order valence-corrected chi connectivity index (χ2v) is 6.41. The number of ether oxygens (including phenoxy) is 1. The molecular weight excluding hydrogens is 300 g/mol. The van der Waals surface area contributed by atoms with Crippen molar-refractivity contribution in [2.24, 2.45) is 0 Å². The molecule has 0 amide bonds. The van der Waals surface area contributed by atoms with Crippen LogP contribution in [0.4, 0.5) is 0 Å². The van der Waals surface area contributed by atoms with Gasteiger partial charge >= 0.3 is 5.97 Å². The van der Waals surface area contributed by atoms with E-state index in [0.29, 0.717) is 12.0 Å². The molecule has 0 aliphatic rings. The van der Waals surface area contributed by atoms with E-state index in [-0.39, 0.29) is 12.1 Å². The summed E-state index contributed by atoms with van der Waals surface area (Å²) in [6.07, 6.45) is 0.319. The van der Waals surface area contributed by atoms with Gasteiger partial charge in [-0.05, 0) is 24.5 Å². The molecule has 23 heavy (non-hydrogen) atoms. The summed E-state index contributed by atoms with van der Waals surface area (Å²) in [6.45, 7) is 7.35. The van der Waals surface area contributed by atoms with Crippen LogP contribution in [-0.4, -0.2) is 22.3 Å². The van der Waals surface area contributed by atoms with Crippen molar-refractivity contribution in [2.75, 3.05) is 0 Å². The third-order valence-electron chi connectivity index (χ3n) is 3.91. The molecule has 2 aromatic carbocycles. The van der Waals surface area contributed by atoms with Crippen LogP contribution in [0.15, 0.2) is 72.8 Å². The number of hydrogen-bond donors (Lipinski definition) is 0. The highest BCUT2D eigenvalue weighted by Gasteiger charge is 2.39. The quantitative estimate of drug-likeness (QED) is 0.457. The summed E-state index contributed by atoms with van der Waals surface area (Å²) in [5.74, 6) is -0.369. The number of carbonyl (C=O) groups excluding carboxylic acids is 1. The van der Waals surface area contributed by atoms with Crippen LogP contribution in [-0.2, 0) is 14.6 Å². The number of esters is 1. The van der Waals surface area contributed by atoms with Crippen LogP contribution >= 0.6 is 0 Å². The van der Waals surface area contributed by atoms with Gasteiger partial charge in [0.05, 0.1) is 0 Å². The molecule has 3 heteroatoms. The van der Waals surface area contributed by atoms with Gasteiger partial charge in [0.25, 0.3) is 0 Å². The molecule has 0 heterocycles. The minimum atomic E-state index is -0.609. The summed E-state index contributed by atoms with van der Waals surface area (Å²) in [5, 5.41) is -0.609. The van der Waals surface area contributed by atoms with Crippen molar-refractivity contribution in [1.82, 2.24) is 0 Å². The third kappa shape index (κ3) is 3.62. The normalized spacial score (nSPS) is 12.5. The fourth-order valence-corrected chi connectivity index (χ4v) is 3.24. The van der Waals surface area contributed by atoms with Crippen molar-refractivity contribution in [3.05, 3.63) is 83.9 Å². The lowest BCUT2D eigenvalue weighted by Gasteiger charge is -2.38. The molecular formula is C20H21O2Si. The van der Waals surface area contributed by atoms with E-state index < -0.39 is 5.04 Å². The molecule has 3 radical (unpaired) electrons. The van der Waals surface area contributed by atoms with Crippen LogP contribution in [0.25, 0.3) is 0 Å². The van der Waals surface area contributed by atoms with Crippen LogP contribution in [0.3, 0.4) is 0 Å². The summed E-state index contributed by atoms with van der Waals surface area (Å²) in [7, 11) is 3.96. The largest absolute Gasteiger partial charge is 0.458 e. The molecule has 0 fully saturated rings. The van der Waals surface area contributed by atoms with Gasteiger partial charge in [0.2, 0.25) is 0 Å². The maximum Gasteiger partial charge on any atom is 0.333 e. The highest BCUT2D eigenvalue weighted by Crippen LogP contribution is 2.36. The predicted molar refractivity (Wildman–Crippen MR) is 94.4 cm³/mol. The molecule has 117 valence electrons. The molecule has 0 aliphatic heterocycles. The Hall–Kier alpha value is -2.13. The molecule has 0 spiro atoms. The van der Waals surface area contributed by atoms with Gasteiger partial charge in [-0.25, -0.2) is 4.79 Å².